The Bertz CT molecular complexity index is 3490. The zero-order chi connectivity index (χ0) is 46.0. The molecule has 1 amide bonds. The van der Waals surface area contributed by atoms with E-state index in [0.29, 0.717) is 65.5 Å². The van der Waals surface area contributed by atoms with Gasteiger partial charge in [-0.15, -0.1) is 34.4 Å². The Morgan fingerprint density at radius 2 is 1.58 bits per heavy atom. The van der Waals surface area contributed by atoms with Crippen LogP contribution in [0.1, 0.15) is 75.3 Å². The summed E-state index contributed by atoms with van der Waals surface area (Å²) in [6.07, 6.45) is 10.2. The number of rotatable bonds is 12. The molecular weight excluding hydrogens is 923 g/mol. The molecule has 2 unspecified atom stereocenters. The first-order valence-electron chi connectivity index (χ1n) is 22.5. The van der Waals surface area contributed by atoms with Crippen LogP contribution in [0.2, 0.25) is 0 Å². The molecule has 3 aromatic heterocycles. The summed E-state index contributed by atoms with van der Waals surface area (Å²) in [7, 11) is 3.85. The number of aryl methyl sites for hydroxylation is 1. The molecule has 2 fully saturated rings. The summed E-state index contributed by atoms with van der Waals surface area (Å²) in [5.41, 5.74) is 9.03. The van der Waals surface area contributed by atoms with Crippen molar-refractivity contribution in [2.24, 2.45) is 14.1 Å². The number of unbranched alkanes of at least 4 members (excludes halogenated alkanes) is 3. The lowest BCUT2D eigenvalue weighted by Crippen LogP contribution is -2.31. The molecule has 1 N–H and O–H groups in total. The van der Waals surface area contributed by atoms with E-state index in [1.165, 1.54) is 89.2 Å². The number of carbonyl (C=O) groups is 2. The maximum Gasteiger partial charge on any atom is 0.303 e. The van der Waals surface area contributed by atoms with Crippen molar-refractivity contribution >= 4 is 119 Å². The molecule has 10 rings (SSSR count). The summed E-state index contributed by atoms with van der Waals surface area (Å²) in [5.74, 6) is -0.668. The molecule has 0 spiro atoms. The maximum absolute atomic E-state index is 14.3. The monoisotopic (exact) mass is 971 g/mol. The highest BCUT2D eigenvalue weighted by molar-refractivity contribution is 8.30. The first-order chi connectivity index (χ1) is 31.9. The van der Waals surface area contributed by atoms with Gasteiger partial charge in [0.25, 0.3) is 17.0 Å². The molecule has 7 aromatic rings. The minimum Gasteiger partial charge on any atom is -0.481 e. The number of amides is 1. The van der Waals surface area contributed by atoms with Crippen molar-refractivity contribution in [2.75, 3.05) is 17.7 Å². The summed E-state index contributed by atoms with van der Waals surface area (Å²) in [5, 5.41) is 11.5. The molecule has 1 aliphatic carbocycles. The lowest BCUT2D eigenvalue weighted by atomic mass is 9.96. The van der Waals surface area contributed by atoms with Crippen molar-refractivity contribution in [1.82, 2.24) is 18.6 Å². The van der Waals surface area contributed by atoms with Gasteiger partial charge in [0, 0.05) is 83.6 Å². The fourth-order valence-corrected chi connectivity index (χ4v) is 14.5. The molecule has 3 aliphatic rings. The molecule has 0 bridgehead atoms. The van der Waals surface area contributed by atoms with Gasteiger partial charge in [-0.1, -0.05) is 67.5 Å². The number of nitrogens with zero attached hydrogens (tertiary/aromatic N) is 5. The molecule has 1 saturated carbocycles. The molecular formula is C51H49N5O5S5. The van der Waals surface area contributed by atoms with Gasteiger partial charge >= 0.3 is 5.97 Å². The van der Waals surface area contributed by atoms with E-state index in [0.717, 1.165) is 37.7 Å². The van der Waals surface area contributed by atoms with Crippen LogP contribution in [0, 0.1) is 9.20 Å². The van der Waals surface area contributed by atoms with Gasteiger partial charge in [0.1, 0.15) is 23.1 Å². The Kier molecular flexibility index (Phi) is 12.3. The predicted octanol–water partition coefficient (Wildman–Crippen LogP) is 9.63. The third-order valence-corrected chi connectivity index (χ3v) is 18.3. The van der Waals surface area contributed by atoms with Gasteiger partial charge in [-0.2, -0.15) is 0 Å². The number of thiazole rings is 2. The fraction of sp³-hybridized carbons (Fsp3) is 0.314. The average molecular weight is 972 g/mol. The number of thioether (sulfide) groups is 2. The van der Waals surface area contributed by atoms with Crippen molar-refractivity contribution < 1.29 is 14.7 Å². The molecule has 1 saturated heterocycles. The zero-order valence-electron chi connectivity index (χ0n) is 37.2. The minimum atomic E-state index is -0.821. The highest BCUT2D eigenvalue weighted by Gasteiger charge is 2.42. The number of thiocarbonyl (C=S) groups is 1. The normalized spacial score (nSPS) is 18.7. The average Bonchev–Trinajstić information content (AvgIpc) is 4.16. The van der Waals surface area contributed by atoms with E-state index in [1.54, 1.807) is 32.8 Å². The van der Waals surface area contributed by atoms with E-state index >= 15 is 0 Å². The van der Waals surface area contributed by atoms with E-state index in [2.05, 4.69) is 102 Å². The fourth-order valence-electron chi connectivity index (χ4n) is 10.2. The van der Waals surface area contributed by atoms with Gasteiger partial charge < -0.3 is 19.1 Å². The van der Waals surface area contributed by atoms with Crippen LogP contribution in [0.15, 0.2) is 93.3 Å². The second-order valence-electron chi connectivity index (χ2n) is 17.3. The van der Waals surface area contributed by atoms with Crippen LogP contribution < -0.4 is 25.2 Å². The van der Waals surface area contributed by atoms with Crippen molar-refractivity contribution in [3.63, 3.8) is 0 Å². The van der Waals surface area contributed by atoms with Crippen LogP contribution >= 0.6 is 58.4 Å². The summed E-state index contributed by atoms with van der Waals surface area (Å²) in [4.78, 5) is 58.7. The number of fused-ring (bicyclic) bond motifs is 6. The van der Waals surface area contributed by atoms with Gasteiger partial charge in [0.15, 0.2) is 0 Å². The summed E-state index contributed by atoms with van der Waals surface area (Å²) < 4.78 is 7.97. The summed E-state index contributed by atoms with van der Waals surface area (Å²) >= 11 is 11.0. The van der Waals surface area contributed by atoms with E-state index in [9.17, 15) is 19.2 Å². The van der Waals surface area contributed by atoms with Crippen LogP contribution in [0.3, 0.4) is 0 Å². The van der Waals surface area contributed by atoms with E-state index in [-0.39, 0.29) is 23.4 Å². The molecule has 5 heterocycles. The maximum atomic E-state index is 14.3. The first-order valence-corrected chi connectivity index (χ1v) is 26.5. The molecule has 2 atom stereocenters. The topological polar surface area (TPSA) is 110 Å². The smallest absolute Gasteiger partial charge is 0.303 e. The van der Waals surface area contributed by atoms with E-state index in [1.807, 2.05) is 13.0 Å². The number of carboxylic acid groups (broad SMARTS) is 1. The number of aromatic nitrogens is 3. The van der Waals surface area contributed by atoms with Crippen LogP contribution in [0.5, 0.6) is 0 Å². The van der Waals surface area contributed by atoms with Crippen molar-refractivity contribution in [1.29, 1.82) is 0 Å². The Morgan fingerprint density at radius 1 is 0.833 bits per heavy atom. The largest absolute Gasteiger partial charge is 0.481 e. The third kappa shape index (κ3) is 7.79. The number of benzene rings is 4. The highest BCUT2D eigenvalue weighted by atomic mass is 32.2. The highest BCUT2D eigenvalue weighted by Crippen LogP contribution is 2.53. The van der Waals surface area contributed by atoms with Crippen LogP contribution in [-0.2, 0) is 30.2 Å². The number of hydrogen-bond acceptors (Lipinski definition) is 10. The molecule has 15 heteroatoms. The second kappa shape index (κ2) is 18.1. The van der Waals surface area contributed by atoms with Crippen LogP contribution in [-0.4, -0.2) is 58.7 Å². The molecule has 338 valence electrons. The number of hydrogen-bond donors (Lipinski definition) is 1. The molecule has 4 aromatic carbocycles. The minimum absolute atomic E-state index is 0.108. The Labute approximate surface area is 403 Å². The van der Waals surface area contributed by atoms with Gasteiger partial charge in [-0.05, 0) is 122 Å². The lowest BCUT2D eigenvalue weighted by molar-refractivity contribution is -0.137. The summed E-state index contributed by atoms with van der Waals surface area (Å²) in [6, 6.07) is 29.4. The Morgan fingerprint density at radius 3 is 2.32 bits per heavy atom. The van der Waals surface area contributed by atoms with E-state index < -0.39 is 5.97 Å². The molecule has 2 aliphatic heterocycles. The third-order valence-electron chi connectivity index (χ3n) is 13.5. The molecule has 66 heavy (non-hydrogen) atoms. The second-order valence-corrected chi connectivity index (χ2v) is 21.8. The number of anilines is 2. The quantitative estimate of drug-likeness (QED) is 0.0728. The standard InChI is InChI=1S/C51H49N5O5S5/c1-5-54-47(60)45(66-51(54)62)50-55(24-9-7-6-8-13-43(57)58)48(61)44(65-50)49-53(3)46(59)42(64-49)26-29-14-21-41-35(25-29)34-11-10-12-40(34)56(41)32-18-23-39-37(28-32)36-27-31(17-22-38(36)52(39)2)30-15-19-33(63-4)20-16-30/h14-23,25-28,34,40H,5-13,24H2,1-4H3,(H,57,58)/b42-26-,49-44+,50-45+. The number of carboxylic acids is 1. The SMILES string of the molecule is CCN1C(=O)/C(=c2\s/c(=c3/s/c(=C\c4ccc5c(c4)C4CCCC4N5c4ccc5c(c4)c4cc(-c6ccc(SC)cc6)ccc4n5C)c(=O)n3C)c(=O)n2CCCCCCC(=O)O)SC1=S. The van der Waals surface area contributed by atoms with Crippen LogP contribution in [0.4, 0.5) is 11.4 Å². The van der Waals surface area contributed by atoms with Crippen molar-refractivity contribution in [2.45, 2.75) is 81.7 Å². The number of aliphatic carboxylic acids is 1. The van der Waals surface area contributed by atoms with Gasteiger partial charge in [-0.3, -0.25) is 28.6 Å². The van der Waals surface area contributed by atoms with E-state index in [4.69, 9.17) is 17.3 Å². The first kappa shape index (κ1) is 44.6. The predicted molar refractivity (Wildman–Crippen MR) is 277 cm³/mol. The summed E-state index contributed by atoms with van der Waals surface area (Å²) in [6.45, 7) is 2.66. The van der Waals surface area contributed by atoms with Crippen molar-refractivity contribution in [3.05, 3.63) is 129 Å². The lowest BCUT2D eigenvalue weighted by Gasteiger charge is -2.27. The van der Waals surface area contributed by atoms with Gasteiger partial charge in [0.05, 0.1) is 4.53 Å². The van der Waals surface area contributed by atoms with Gasteiger partial charge in [-0.25, -0.2) is 0 Å². The van der Waals surface area contributed by atoms with Crippen molar-refractivity contribution in [3.8, 4) is 11.1 Å². The molecule has 0 radical (unpaired) electrons. The van der Waals surface area contributed by atoms with Crippen LogP contribution in [0.25, 0.3) is 43.9 Å². The number of carbonyl (C=O) groups excluding carboxylic acids is 1. The molecule has 10 nitrogen and oxygen atoms in total. The Balaban J connectivity index is 1.02. The Hall–Kier alpha value is -5.19. The van der Waals surface area contributed by atoms with Gasteiger partial charge in [0.2, 0.25) is 0 Å². The zero-order valence-corrected chi connectivity index (χ0v) is 41.2.